The molecule has 1 aromatic carbocycles. The Labute approximate surface area is 178 Å². The molecule has 0 bridgehead atoms. The van der Waals surface area contributed by atoms with Gasteiger partial charge in [-0.05, 0) is 31.6 Å². The summed E-state index contributed by atoms with van der Waals surface area (Å²) in [4.78, 5) is 13.3. The Morgan fingerprint density at radius 3 is 2.77 bits per heavy atom. The van der Waals surface area contributed by atoms with Crippen LogP contribution in [0.5, 0.6) is 5.75 Å². The van der Waals surface area contributed by atoms with E-state index in [9.17, 15) is 10.1 Å². The number of aromatic nitrogens is 3. The number of hydrogen-bond donors (Lipinski definition) is 0. The third-order valence-corrected chi connectivity index (χ3v) is 6.96. The molecule has 0 unspecified atom stereocenters. The number of piperidine rings is 1. The maximum absolute atomic E-state index is 11.4. The van der Waals surface area contributed by atoms with Gasteiger partial charge in [-0.1, -0.05) is 18.7 Å². The Morgan fingerprint density at radius 1 is 1.23 bits per heavy atom. The molecule has 3 aliphatic rings. The van der Waals surface area contributed by atoms with Crippen LogP contribution in [-0.4, -0.2) is 39.6 Å². The fraction of sp³-hybridized carbons (Fsp3) is 0.600. The molecule has 1 saturated heterocycles. The second-order valence-electron chi connectivity index (χ2n) is 8.30. The second-order valence-corrected chi connectivity index (χ2v) is 9.25. The SMILES string of the molecule is CC1CCN(c2nnc(SCc3cc([N+](=O)[O-])cc4c3OCOC4)n2C2CC2)CC1. The molecular weight excluding hydrogens is 406 g/mol. The summed E-state index contributed by atoms with van der Waals surface area (Å²) in [5.41, 5.74) is 1.58. The summed E-state index contributed by atoms with van der Waals surface area (Å²) in [5, 5.41) is 21.2. The van der Waals surface area contributed by atoms with Gasteiger partial charge in [-0.15, -0.1) is 10.2 Å². The molecule has 1 aliphatic carbocycles. The van der Waals surface area contributed by atoms with E-state index in [1.807, 2.05) is 0 Å². The summed E-state index contributed by atoms with van der Waals surface area (Å²) < 4.78 is 13.2. The molecule has 5 rings (SSSR count). The molecule has 0 spiro atoms. The second kappa shape index (κ2) is 8.07. The van der Waals surface area contributed by atoms with Crippen molar-refractivity contribution >= 4 is 23.4 Å². The Balaban J connectivity index is 1.39. The van der Waals surface area contributed by atoms with Gasteiger partial charge in [0.1, 0.15) is 5.75 Å². The number of fused-ring (bicyclic) bond motifs is 1. The molecule has 0 N–H and O–H groups in total. The van der Waals surface area contributed by atoms with Gasteiger partial charge in [0.05, 0.1) is 11.5 Å². The van der Waals surface area contributed by atoms with Gasteiger partial charge < -0.3 is 14.4 Å². The molecule has 160 valence electrons. The van der Waals surface area contributed by atoms with E-state index in [4.69, 9.17) is 9.47 Å². The smallest absolute Gasteiger partial charge is 0.270 e. The number of hydrogen-bond acceptors (Lipinski definition) is 8. The van der Waals surface area contributed by atoms with E-state index in [0.717, 1.165) is 54.1 Å². The lowest BCUT2D eigenvalue weighted by Gasteiger charge is -2.31. The fourth-order valence-electron chi connectivity index (χ4n) is 4.08. The molecule has 30 heavy (non-hydrogen) atoms. The van der Waals surface area contributed by atoms with Crippen LogP contribution in [0.1, 0.15) is 49.8 Å². The summed E-state index contributed by atoms with van der Waals surface area (Å²) in [6, 6.07) is 3.59. The topological polar surface area (TPSA) is 95.6 Å². The fourth-order valence-corrected chi connectivity index (χ4v) is 5.05. The van der Waals surface area contributed by atoms with E-state index in [-0.39, 0.29) is 17.4 Å². The van der Waals surface area contributed by atoms with Crippen LogP contribution < -0.4 is 9.64 Å². The minimum Gasteiger partial charge on any atom is -0.467 e. The number of non-ortho nitro benzene ring substituents is 1. The molecule has 2 aliphatic heterocycles. The van der Waals surface area contributed by atoms with Crippen LogP contribution in [0.2, 0.25) is 0 Å². The molecule has 2 aromatic rings. The third kappa shape index (κ3) is 3.85. The molecule has 2 fully saturated rings. The highest BCUT2D eigenvalue weighted by molar-refractivity contribution is 7.98. The van der Waals surface area contributed by atoms with Crippen LogP contribution >= 0.6 is 11.8 Å². The van der Waals surface area contributed by atoms with Gasteiger partial charge in [-0.2, -0.15) is 0 Å². The zero-order valence-electron chi connectivity index (χ0n) is 17.0. The summed E-state index contributed by atoms with van der Waals surface area (Å²) in [7, 11) is 0. The van der Waals surface area contributed by atoms with Gasteiger partial charge in [0.2, 0.25) is 5.95 Å². The zero-order chi connectivity index (χ0) is 20.7. The van der Waals surface area contributed by atoms with Crippen molar-refractivity contribution in [3.63, 3.8) is 0 Å². The first-order valence-corrected chi connectivity index (χ1v) is 11.4. The molecule has 0 amide bonds. The zero-order valence-corrected chi connectivity index (χ0v) is 17.8. The Morgan fingerprint density at radius 2 is 2.03 bits per heavy atom. The van der Waals surface area contributed by atoms with Gasteiger partial charge in [-0.25, -0.2) is 0 Å². The van der Waals surface area contributed by atoms with Crippen molar-refractivity contribution in [2.24, 2.45) is 5.92 Å². The number of ether oxygens (including phenoxy) is 2. The average Bonchev–Trinajstić information content (AvgIpc) is 3.51. The van der Waals surface area contributed by atoms with Crippen molar-refractivity contribution in [2.75, 3.05) is 24.8 Å². The van der Waals surface area contributed by atoms with Gasteiger partial charge in [0.15, 0.2) is 11.9 Å². The quantitative estimate of drug-likeness (QED) is 0.386. The Kier molecular flexibility index (Phi) is 5.28. The molecule has 0 atom stereocenters. The molecule has 3 heterocycles. The predicted molar refractivity (Wildman–Crippen MR) is 112 cm³/mol. The van der Waals surface area contributed by atoms with Gasteiger partial charge in [-0.3, -0.25) is 14.7 Å². The van der Waals surface area contributed by atoms with Crippen molar-refractivity contribution in [3.8, 4) is 5.75 Å². The third-order valence-electron chi connectivity index (χ3n) is 5.96. The Hall–Kier alpha value is -2.33. The maximum atomic E-state index is 11.4. The first-order valence-electron chi connectivity index (χ1n) is 10.4. The summed E-state index contributed by atoms with van der Waals surface area (Å²) in [6.45, 7) is 4.83. The molecule has 10 heteroatoms. The van der Waals surface area contributed by atoms with Crippen LogP contribution in [0.4, 0.5) is 11.6 Å². The summed E-state index contributed by atoms with van der Waals surface area (Å²) in [5.74, 6) is 2.96. The molecular formula is C20H25N5O4S. The van der Waals surface area contributed by atoms with E-state index < -0.39 is 0 Å². The first kappa shape index (κ1) is 19.6. The number of nitro benzene ring substituents is 1. The lowest BCUT2D eigenvalue weighted by molar-refractivity contribution is -0.385. The summed E-state index contributed by atoms with van der Waals surface area (Å²) in [6.07, 6.45) is 4.66. The van der Waals surface area contributed by atoms with Gasteiger partial charge in [0, 0.05) is 48.1 Å². The summed E-state index contributed by atoms with van der Waals surface area (Å²) >= 11 is 1.57. The van der Waals surface area contributed by atoms with E-state index in [2.05, 4.69) is 26.6 Å². The average molecular weight is 432 g/mol. The van der Waals surface area contributed by atoms with E-state index in [1.165, 1.54) is 18.9 Å². The van der Waals surface area contributed by atoms with Crippen molar-refractivity contribution in [1.29, 1.82) is 0 Å². The number of rotatable bonds is 6. The number of nitro groups is 1. The first-order chi connectivity index (χ1) is 14.6. The highest BCUT2D eigenvalue weighted by atomic mass is 32.2. The number of benzene rings is 1. The van der Waals surface area contributed by atoms with E-state index in [1.54, 1.807) is 17.8 Å². The van der Waals surface area contributed by atoms with Crippen molar-refractivity contribution < 1.29 is 14.4 Å². The number of thioether (sulfide) groups is 1. The number of anilines is 1. The molecule has 9 nitrogen and oxygen atoms in total. The molecule has 0 radical (unpaired) electrons. The number of nitrogens with zero attached hydrogens (tertiary/aromatic N) is 5. The van der Waals surface area contributed by atoms with Crippen LogP contribution in [0.3, 0.4) is 0 Å². The van der Waals surface area contributed by atoms with Crippen LogP contribution in [0, 0.1) is 16.0 Å². The minimum absolute atomic E-state index is 0.0604. The van der Waals surface area contributed by atoms with E-state index in [0.29, 0.717) is 24.2 Å². The largest absolute Gasteiger partial charge is 0.467 e. The highest BCUT2D eigenvalue weighted by Gasteiger charge is 2.33. The van der Waals surface area contributed by atoms with Crippen molar-refractivity contribution in [2.45, 2.75) is 56.2 Å². The lowest BCUT2D eigenvalue weighted by Crippen LogP contribution is -2.34. The highest BCUT2D eigenvalue weighted by Crippen LogP contribution is 2.43. The normalized spacial score (nSPS) is 19.4. The van der Waals surface area contributed by atoms with Crippen molar-refractivity contribution in [1.82, 2.24) is 14.8 Å². The van der Waals surface area contributed by atoms with Crippen LogP contribution in [0.25, 0.3) is 0 Å². The van der Waals surface area contributed by atoms with Gasteiger partial charge in [0.25, 0.3) is 5.69 Å². The minimum atomic E-state index is -0.370. The maximum Gasteiger partial charge on any atom is 0.270 e. The van der Waals surface area contributed by atoms with Crippen LogP contribution in [-0.2, 0) is 17.1 Å². The standard InChI is InChI=1S/C20H25N5O4S/c1-13-4-6-23(7-5-13)19-21-22-20(24(19)16-2-3-16)30-11-15-9-17(25(26)27)8-14-10-28-12-29-18(14)15/h8-9,13,16H,2-7,10-12H2,1H3. The molecule has 1 saturated carbocycles. The van der Waals surface area contributed by atoms with Crippen molar-refractivity contribution in [3.05, 3.63) is 33.4 Å². The van der Waals surface area contributed by atoms with E-state index >= 15 is 0 Å². The lowest BCUT2D eigenvalue weighted by atomic mass is 10.00. The Bertz CT molecular complexity index is 953. The van der Waals surface area contributed by atoms with Gasteiger partial charge >= 0.3 is 0 Å². The monoisotopic (exact) mass is 431 g/mol. The van der Waals surface area contributed by atoms with Crippen LogP contribution in [0.15, 0.2) is 17.3 Å². The predicted octanol–water partition coefficient (Wildman–Crippen LogP) is 3.92. The molecule has 1 aromatic heterocycles.